The normalized spacial score (nSPS) is 11.3. The first-order valence-corrected chi connectivity index (χ1v) is 20.6. The van der Waals surface area contributed by atoms with E-state index >= 15 is 0 Å². The number of aromatic nitrogens is 3. The molecule has 0 aliphatic carbocycles. The summed E-state index contributed by atoms with van der Waals surface area (Å²) in [4.78, 5) is 12.5. The van der Waals surface area contributed by atoms with E-state index in [0.29, 0.717) is 0 Å². The summed E-state index contributed by atoms with van der Waals surface area (Å²) < 4.78 is 2.45. The van der Waals surface area contributed by atoms with E-state index in [-0.39, 0.29) is 0 Å². The van der Waals surface area contributed by atoms with Crippen molar-refractivity contribution in [2.75, 3.05) is 4.90 Å². The van der Waals surface area contributed by atoms with Gasteiger partial charge in [0.15, 0.2) is 5.82 Å². The minimum absolute atomic E-state index is 0.726. The Kier molecular flexibility index (Phi) is 9.38. The maximum atomic E-state index is 5.11. The number of anilines is 3. The Morgan fingerprint density at radius 2 is 0.917 bits per heavy atom. The zero-order chi connectivity index (χ0) is 40.7. The molecule has 288 valence electrons. The molecule has 0 bridgehead atoms. The summed E-state index contributed by atoms with van der Waals surface area (Å²) in [5, 5.41) is 2.45. The number of hydrogen-bond acceptors (Lipinski definition) is 3. The Morgan fingerprint density at radius 3 is 1.57 bits per heavy atom. The number of fused-ring (bicyclic) bond motifs is 3. The molecule has 0 spiro atoms. The summed E-state index contributed by atoms with van der Waals surface area (Å²) in [5.74, 6) is 0.726. The number of benzene rings is 8. The lowest BCUT2D eigenvalue weighted by Crippen LogP contribution is -2.09. The van der Waals surface area contributed by atoms with Gasteiger partial charge in [-0.05, 0) is 129 Å². The second-order valence-electron chi connectivity index (χ2n) is 15.8. The Hall–Kier alpha value is -7.56. The predicted octanol–water partition coefficient (Wildman–Crippen LogP) is 14.9. The van der Waals surface area contributed by atoms with Crippen molar-refractivity contribution in [3.63, 3.8) is 0 Å². The molecule has 0 saturated carbocycles. The third-order valence-electron chi connectivity index (χ3n) is 11.5. The average Bonchev–Trinajstić information content (AvgIpc) is 3.60. The second-order valence-corrected chi connectivity index (χ2v) is 15.8. The predicted molar refractivity (Wildman–Crippen MR) is 252 cm³/mol. The molecule has 10 aromatic rings. The first kappa shape index (κ1) is 36.8. The van der Waals surface area contributed by atoms with Crippen molar-refractivity contribution in [2.24, 2.45) is 0 Å². The van der Waals surface area contributed by atoms with Crippen LogP contribution in [0.2, 0.25) is 0 Å². The monoisotopic (exact) mass is 772 g/mol. The molecular formula is C56H44N4. The SMILES string of the molecule is Cc1cccc(-c2cc(-c3ccc(-c4cc(C)c(-n5c6ccccc6c6cc(N(c7ccccc7)c7ccccc7)ccc65)c(C)c4)cc3)nc(-c3cccc(C)c3)n2)c1. The van der Waals surface area contributed by atoms with Crippen molar-refractivity contribution in [1.82, 2.24) is 14.5 Å². The van der Waals surface area contributed by atoms with E-state index in [1.807, 2.05) is 0 Å². The quantitative estimate of drug-likeness (QED) is 0.154. The molecule has 0 saturated heterocycles. The van der Waals surface area contributed by atoms with E-state index in [9.17, 15) is 0 Å². The minimum atomic E-state index is 0.726. The maximum absolute atomic E-state index is 5.11. The van der Waals surface area contributed by atoms with E-state index in [1.165, 1.54) is 55.3 Å². The molecule has 0 atom stereocenters. The first-order valence-electron chi connectivity index (χ1n) is 20.6. The van der Waals surface area contributed by atoms with Crippen molar-refractivity contribution in [3.8, 4) is 50.7 Å². The fourth-order valence-corrected chi connectivity index (χ4v) is 8.71. The smallest absolute Gasteiger partial charge is 0.160 e. The van der Waals surface area contributed by atoms with Crippen molar-refractivity contribution < 1.29 is 0 Å². The second kappa shape index (κ2) is 15.3. The van der Waals surface area contributed by atoms with Gasteiger partial charge in [-0.3, -0.25) is 0 Å². The fraction of sp³-hybridized carbons (Fsp3) is 0.0714. The van der Waals surface area contributed by atoms with Gasteiger partial charge in [-0.15, -0.1) is 0 Å². The molecule has 4 nitrogen and oxygen atoms in total. The van der Waals surface area contributed by atoms with Gasteiger partial charge in [0, 0.05) is 44.5 Å². The van der Waals surface area contributed by atoms with Crippen LogP contribution >= 0.6 is 0 Å². The molecule has 8 aromatic carbocycles. The molecule has 60 heavy (non-hydrogen) atoms. The van der Waals surface area contributed by atoms with Crippen LogP contribution in [-0.2, 0) is 0 Å². The lowest BCUT2D eigenvalue weighted by atomic mass is 9.97. The maximum Gasteiger partial charge on any atom is 0.160 e. The highest BCUT2D eigenvalue weighted by molar-refractivity contribution is 6.11. The molecule has 10 rings (SSSR count). The fourth-order valence-electron chi connectivity index (χ4n) is 8.71. The Bertz CT molecular complexity index is 3050. The number of aryl methyl sites for hydroxylation is 4. The van der Waals surface area contributed by atoms with Crippen molar-refractivity contribution in [2.45, 2.75) is 27.7 Å². The van der Waals surface area contributed by atoms with E-state index in [4.69, 9.17) is 9.97 Å². The Labute approximate surface area is 351 Å². The van der Waals surface area contributed by atoms with Crippen molar-refractivity contribution >= 4 is 38.9 Å². The summed E-state index contributed by atoms with van der Waals surface area (Å²) in [6, 6.07) is 69.4. The molecule has 0 aliphatic heterocycles. The topological polar surface area (TPSA) is 34.0 Å². The lowest BCUT2D eigenvalue weighted by Gasteiger charge is -2.25. The van der Waals surface area contributed by atoms with E-state index in [2.05, 4.69) is 231 Å². The number of hydrogen-bond donors (Lipinski definition) is 0. The zero-order valence-corrected chi connectivity index (χ0v) is 34.3. The average molecular weight is 773 g/mol. The number of rotatable bonds is 8. The van der Waals surface area contributed by atoms with Gasteiger partial charge >= 0.3 is 0 Å². The van der Waals surface area contributed by atoms with E-state index < -0.39 is 0 Å². The van der Waals surface area contributed by atoms with Crippen LogP contribution in [0.1, 0.15) is 22.3 Å². The molecular weight excluding hydrogens is 729 g/mol. The van der Waals surface area contributed by atoms with Crippen LogP contribution in [-0.4, -0.2) is 14.5 Å². The summed E-state index contributed by atoms with van der Waals surface area (Å²) in [6.45, 7) is 8.70. The van der Waals surface area contributed by atoms with Crippen LogP contribution in [0, 0.1) is 27.7 Å². The molecule has 0 fully saturated rings. The van der Waals surface area contributed by atoms with Gasteiger partial charge in [0.05, 0.1) is 28.1 Å². The molecule has 2 aromatic heterocycles. The Balaban J connectivity index is 1.03. The van der Waals surface area contributed by atoms with E-state index in [0.717, 1.165) is 56.5 Å². The van der Waals surface area contributed by atoms with Crippen LogP contribution in [0.15, 0.2) is 194 Å². The summed E-state index contributed by atoms with van der Waals surface area (Å²) in [6.07, 6.45) is 0. The van der Waals surface area contributed by atoms with Crippen LogP contribution in [0.4, 0.5) is 17.1 Å². The molecule has 0 N–H and O–H groups in total. The molecule has 0 amide bonds. The Morgan fingerprint density at radius 1 is 0.367 bits per heavy atom. The highest BCUT2D eigenvalue weighted by Gasteiger charge is 2.20. The van der Waals surface area contributed by atoms with Gasteiger partial charge < -0.3 is 9.47 Å². The summed E-state index contributed by atoms with van der Waals surface area (Å²) >= 11 is 0. The van der Waals surface area contributed by atoms with Gasteiger partial charge in [-0.1, -0.05) is 126 Å². The number of para-hydroxylation sites is 3. The van der Waals surface area contributed by atoms with Crippen LogP contribution in [0.5, 0.6) is 0 Å². The van der Waals surface area contributed by atoms with Gasteiger partial charge in [0.1, 0.15) is 0 Å². The number of nitrogens with zero attached hydrogens (tertiary/aromatic N) is 4. The van der Waals surface area contributed by atoms with Crippen molar-refractivity contribution in [1.29, 1.82) is 0 Å². The first-order chi connectivity index (χ1) is 29.4. The van der Waals surface area contributed by atoms with Gasteiger partial charge in [-0.25, -0.2) is 9.97 Å². The van der Waals surface area contributed by atoms with Crippen LogP contribution in [0.3, 0.4) is 0 Å². The third kappa shape index (κ3) is 6.82. The molecule has 0 radical (unpaired) electrons. The minimum Gasteiger partial charge on any atom is -0.310 e. The van der Waals surface area contributed by atoms with Gasteiger partial charge in [0.25, 0.3) is 0 Å². The molecule has 4 heteroatoms. The summed E-state index contributed by atoms with van der Waals surface area (Å²) in [5.41, 5.74) is 19.1. The standard InChI is InChI=1S/C56H44N4/c1-37-15-13-17-43(31-37)52-36-51(57-56(58-52)44-18-14-16-38(2)32-44)42-27-25-41(26-28-42)45-33-39(3)55(40(4)34-45)60-53-24-12-11-23-49(53)50-35-48(29-30-54(50)60)59(46-19-7-5-8-20-46)47-21-9-6-10-22-47/h5-36H,1-4H3. The lowest BCUT2D eigenvalue weighted by molar-refractivity contribution is 1.12. The van der Waals surface area contributed by atoms with Crippen molar-refractivity contribution in [3.05, 3.63) is 216 Å². The zero-order valence-electron chi connectivity index (χ0n) is 34.3. The van der Waals surface area contributed by atoms with Crippen LogP contribution in [0.25, 0.3) is 72.5 Å². The van der Waals surface area contributed by atoms with Gasteiger partial charge in [-0.2, -0.15) is 0 Å². The highest BCUT2D eigenvalue weighted by atomic mass is 15.1. The van der Waals surface area contributed by atoms with Gasteiger partial charge in [0.2, 0.25) is 0 Å². The highest BCUT2D eigenvalue weighted by Crippen LogP contribution is 2.41. The third-order valence-corrected chi connectivity index (χ3v) is 11.5. The van der Waals surface area contributed by atoms with E-state index in [1.54, 1.807) is 0 Å². The van der Waals surface area contributed by atoms with Crippen LogP contribution < -0.4 is 4.90 Å². The molecule has 0 aliphatic rings. The largest absolute Gasteiger partial charge is 0.310 e. The molecule has 2 heterocycles. The molecule has 0 unspecified atom stereocenters. The summed E-state index contributed by atoms with van der Waals surface area (Å²) in [7, 11) is 0.